The summed E-state index contributed by atoms with van der Waals surface area (Å²) < 4.78 is 5.34. The van der Waals surface area contributed by atoms with Crippen LogP contribution < -0.4 is 10.6 Å². The average Bonchev–Trinajstić information content (AvgIpc) is 2.54. The number of anilines is 1. The molecule has 0 aromatic heterocycles. The van der Waals surface area contributed by atoms with Crippen molar-refractivity contribution in [1.82, 2.24) is 10.2 Å². The van der Waals surface area contributed by atoms with Crippen molar-refractivity contribution in [3.8, 4) is 0 Å². The quantitative estimate of drug-likeness (QED) is 0.833. The van der Waals surface area contributed by atoms with Gasteiger partial charge in [0.2, 0.25) is 5.91 Å². The van der Waals surface area contributed by atoms with E-state index in [9.17, 15) is 4.79 Å². The predicted molar refractivity (Wildman–Crippen MR) is 84.3 cm³/mol. The molecule has 0 radical (unpaired) electrons. The number of nitrogens with one attached hydrogen (secondary N) is 2. The standard InChI is InChI=1S/C16H25N3O2/c1-3-19(4-2)11-13-7-5-6-8-14(13)18-16(20)15-12-21-10-9-17-15/h5-8,15,17H,3-4,9-12H2,1-2H3,(H,18,20). The lowest BCUT2D eigenvalue weighted by molar-refractivity contribution is -0.120. The Hall–Kier alpha value is -1.43. The Morgan fingerprint density at radius 3 is 2.81 bits per heavy atom. The van der Waals surface area contributed by atoms with Crippen LogP contribution in [0.3, 0.4) is 0 Å². The Kier molecular flexibility index (Phi) is 6.17. The molecule has 0 aliphatic carbocycles. The van der Waals surface area contributed by atoms with Gasteiger partial charge in [0.25, 0.3) is 0 Å². The fraction of sp³-hybridized carbons (Fsp3) is 0.562. The van der Waals surface area contributed by atoms with E-state index in [-0.39, 0.29) is 11.9 Å². The second-order valence-corrected chi connectivity index (χ2v) is 5.19. The van der Waals surface area contributed by atoms with E-state index in [1.165, 1.54) is 0 Å². The third-order valence-electron chi connectivity index (χ3n) is 3.80. The van der Waals surface area contributed by atoms with Gasteiger partial charge in [0.15, 0.2) is 0 Å². The van der Waals surface area contributed by atoms with Gasteiger partial charge >= 0.3 is 0 Å². The summed E-state index contributed by atoms with van der Waals surface area (Å²) in [6, 6.07) is 7.72. The third kappa shape index (κ3) is 4.52. The van der Waals surface area contributed by atoms with Crippen molar-refractivity contribution in [2.45, 2.75) is 26.4 Å². The Balaban J connectivity index is 2.03. The molecule has 0 bridgehead atoms. The summed E-state index contributed by atoms with van der Waals surface area (Å²) in [7, 11) is 0. The van der Waals surface area contributed by atoms with E-state index in [0.717, 1.165) is 37.4 Å². The molecule has 5 heteroatoms. The molecule has 1 aliphatic rings. The molecule has 1 amide bonds. The van der Waals surface area contributed by atoms with E-state index >= 15 is 0 Å². The fourth-order valence-electron chi connectivity index (χ4n) is 2.42. The molecule has 0 spiro atoms. The van der Waals surface area contributed by atoms with Crippen molar-refractivity contribution < 1.29 is 9.53 Å². The SMILES string of the molecule is CCN(CC)Cc1ccccc1NC(=O)C1COCCN1. The summed E-state index contributed by atoms with van der Waals surface area (Å²) in [6.07, 6.45) is 0. The zero-order chi connectivity index (χ0) is 15.1. The van der Waals surface area contributed by atoms with Gasteiger partial charge in [-0.1, -0.05) is 32.0 Å². The molecule has 1 aliphatic heterocycles. The van der Waals surface area contributed by atoms with E-state index in [2.05, 4.69) is 35.4 Å². The van der Waals surface area contributed by atoms with Gasteiger partial charge in [-0.05, 0) is 24.7 Å². The molecule has 1 fully saturated rings. The molecule has 1 heterocycles. The monoisotopic (exact) mass is 291 g/mol. The molecule has 1 aromatic rings. The minimum absolute atomic E-state index is 0.0262. The van der Waals surface area contributed by atoms with Gasteiger partial charge in [0.1, 0.15) is 6.04 Å². The van der Waals surface area contributed by atoms with E-state index in [1.54, 1.807) is 0 Å². The number of hydrogen-bond acceptors (Lipinski definition) is 4. The number of carbonyl (C=O) groups excluding carboxylic acids is 1. The van der Waals surface area contributed by atoms with Crippen LogP contribution in [0.15, 0.2) is 24.3 Å². The van der Waals surface area contributed by atoms with Gasteiger partial charge in [-0.25, -0.2) is 0 Å². The summed E-state index contributed by atoms with van der Waals surface area (Å²) >= 11 is 0. The highest BCUT2D eigenvalue weighted by Gasteiger charge is 2.21. The summed E-state index contributed by atoms with van der Waals surface area (Å²) in [6.45, 7) is 8.96. The van der Waals surface area contributed by atoms with Crippen molar-refractivity contribution in [2.24, 2.45) is 0 Å². The molecule has 1 aromatic carbocycles. The van der Waals surface area contributed by atoms with Crippen molar-refractivity contribution in [3.63, 3.8) is 0 Å². The van der Waals surface area contributed by atoms with Gasteiger partial charge < -0.3 is 15.4 Å². The third-order valence-corrected chi connectivity index (χ3v) is 3.80. The average molecular weight is 291 g/mol. The van der Waals surface area contributed by atoms with Crippen molar-refractivity contribution in [3.05, 3.63) is 29.8 Å². The van der Waals surface area contributed by atoms with E-state index < -0.39 is 0 Å². The first-order valence-electron chi connectivity index (χ1n) is 7.66. The maximum Gasteiger partial charge on any atom is 0.243 e. The molecular formula is C16H25N3O2. The summed E-state index contributed by atoms with van der Waals surface area (Å²) in [5, 5.41) is 6.20. The maximum absolute atomic E-state index is 12.3. The van der Waals surface area contributed by atoms with Gasteiger partial charge in [-0.3, -0.25) is 9.69 Å². The second kappa shape index (κ2) is 8.12. The number of carbonyl (C=O) groups is 1. The van der Waals surface area contributed by atoms with Crippen LogP contribution in [-0.2, 0) is 16.1 Å². The molecule has 1 saturated heterocycles. The topological polar surface area (TPSA) is 53.6 Å². The largest absolute Gasteiger partial charge is 0.378 e. The summed E-state index contributed by atoms with van der Waals surface area (Å²) in [5.41, 5.74) is 2.04. The summed E-state index contributed by atoms with van der Waals surface area (Å²) in [4.78, 5) is 14.6. The molecule has 1 atom stereocenters. The van der Waals surface area contributed by atoms with Crippen LogP contribution >= 0.6 is 0 Å². The van der Waals surface area contributed by atoms with Gasteiger partial charge in [-0.15, -0.1) is 0 Å². The fourth-order valence-corrected chi connectivity index (χ4v) is 2.42. The van der Waals surface area contributed by atoms with Crippen molar-refractivity contribution >= 4 is 11.6 Å². The molecule has 2 rings (SSSR count). The van der Waals surface area contributed by atoms with Crippen LogP contribution in [-0.4, -0.2) is 49.7 Å². The van der Waals surface area contributed by atoms with E-state index in [0.29, 0.717) is 13.2 Å². The number of para-hydroxylation sites is 1. The van der Waals surface area contributed by atoms with Gasteiger partial charge in [0.05, 0.1) is 13.2 Å². The minimum atomic E-state index is -0.264. The highest BCUT2D eigenvalue weighted by molar-refractivity contribution is 5.95. The Bertz CT molecular complexity index is 455. The van der Waals surface area contributed by atoms with Crippen molar-refractivity contribution in [1.29, 1.82) is 0 Å². The maximum atomic E-state index is 12.3. The van der Waals surface area contributed by atoms with Crippen LogP contribution in [0.2, 0.25) is 0 Å². The van der Waals surface area contributed by atoms with E-state index in [4.69, 9.17) is 4.74 Å². The minimum Gasteiger partial charge on any atom is -0.378 e. The zero-order valence-electron chi connectivity index (χ0n) is 12.9. The number of morpholine rings is 1. The van der Waals surface area contributed by atoms with Crippen LogP contribution in [0, 0.1) is 0 Å². The lowest BCUT2D eigenvalue weighted by Crippen LogP contribution is -2.48. The van der Waals surface area contributed by atoms with Crippen LogP contribution in [0.25, 0.3) is 0 Å². The Morgan fingerprint density at radius 2 is 2.14 bits per heavy atom. The molecule has 2 N–H and O–H groups in total. The summed E-state index contributed by atoms with van der Waals surface area (Å²) in [5.74, 6) is -0.0262. The van der Waals surface area contributed by atoms with E-state index in [1.807, 2.05) is 18.2 Å². The lowest BCUT2D eigenvalue weighted by Gasteiger charge is -2.24. The normalized spacial score (nSPS) is 18.7. The number of hydrogen-bond donors (Lipinski definition) is 2. The molecule has 5 nitrogen and oxygen atoms in total. The molecule has 1 unspecified atom stereocenters. The smallest absolute Gasteiger partial charge is 0.243 e. The highest BCUT2D eigenvalue weighted by Crippen LogP contribution is 2.17. The van der Waals surface area contributed by atoms with Crippen LogP contribution in [0.1, 0.15) is 19.4 Å². The number of ether oxygens (including phenoxy) is 1. The Morgan fingerprint density at radius 1 is 1.38 bits per heavy atom. The number of benzene rings is 1. The van der Waals surface area contributed by atoms with Crippen LogP contribution in [0.4, 0.5) is 5.69 Å². The molecule has 21 heavy (non-hydrogen) atoms. The number of amides is 1. The van der Waals surface area contributed by atoms with Gasteiger partial charge in [-0.2, -0.15) is 0 Å². The first-order chi connectivity index (χ1) is 10.2. The van der Waals surface area contributed by atoms with Crippen LogP contribution in [0.5, 0.6) is 0 Å². The Labute approximate surface area is 126 Å². The first-order valence-corrected chi connectivity index (χ1v) is 7.66. The number of nitrogens with zero attached hydrogens (tertiary/aromatic N) is 1. The molecular weight excluding hydrogens is 266 g/mol. The first kappa shape index (κ1) is 15.9. The van der Waals surface area contributed by atoms with Gasteiger partial charge in [0, 0.05) is 18.8 Å². The van der Waals surface area contributed by atoms with Crippen molar-refractivity contribution in [2.75, 3.05) is 38.2 Å². The molecule has 0 saturated carbocycles. The second-order valence-electron chi connectivity index (χ2n) is 5.19. The zero-order valence-corrected chi connectivity index (χ0v) is 12.9. The predicted octanol–water partition coefficient (Wildman–Crippen LogP) is 1.46. The lowest BCUT2D eigenvalue weighted by atomic mass is 10.1. The highest BCUT2D eigenvalue weighted by atomic mass is 16.5. The molecule has 116 valence electrons. The number of rotatable bonds is 6.